The first-order valence-corrected chi connectivity index (χ1v) is 5.45. The Hall–Kier alpha value is -1.95. The third kappa shape index (κ3) is 2.79. The van der Waals surface area contributed by atoms with Crippen molar-refractivity contribution < 1.29 is 9.72 Å². The Morgan fingerprint density at radius 2 is 2.35 bits per heavy atom. The lowest BCUT2D eigenvalue weighted by molar-refractivity contribution is -0.384. The zero-order valence-electron chi connectivity index (χ0n) is 9.18. The van der Waals surface area contributed by atoms with E-state index in [9.17, 15) is 14.9 Å². The SMILES string of the molecule is O=C(Nc1cccc([N+](=O)[O-])c1)[C@H]1CCCN1. The molecule has 0 radical (unpaired) electrons. The number of hydrogen-bond donors (Lipinski definition) is 2. The van der Waals surface area contributed by atoms with Gasteiger partial charge in [0.25, 0.3) is 5.69 Å². The van der Waals surface area contributed by atoms with Crippen LogP contribution in [0.3, 0.4) is 0 Å². The smallest absolute Gasteiger partial charge is 0.271 e. The van der Waals surface area contributed by atoms with Gasteiger partial charge in [0.2, 0.25) is 5.91 Å². The Morgan fingerprint density at radius 1 is 1.53 bits per heavy atom. The number of nitrogens with zero attached hydrogens (tertiary/aromatic N) is 1. The summed E-state index contributed by atoms with van der Waals surface area (Å²) in [5.74, 6) is -0.136. The van der Waals surface area contributed by atoms with Crippen LogP contribution in [-0.4, -0.2) is 23.4 Å². The average Bonchev–Trinajstić information content (AvgIpc) is 2.82. The van der Waals surface area contributed by atoms with E-state index in [1.54, 1.807) is 12.1 Å². The van der Waals surface area contributed by atoms with Gasteiger partial charge in [0, 0.05) is 17.8 Å². The minimum Gasteiger partial charge on any atom is -0.324 e. The molecule has 17 heavy (non-hydrogen) atoms. The maximum absolute atomic E-state index is 11.8. The van der Waals surface area contributed by atoms with Crippen molar-refractivity contribution in [3.05, 3.63) is 34.4 Å². The van der Waals surface area contributed by atoms with Crippen molar-refractivity contribution in [2.45, 2.75) is 18.9 Å². The van der Waals surface area contributed by atoms with E-state index < -0.39 is 4.92 Å². The lowest BCUT2D eigenvalue weighted by Crippen LogP contribution is -2.35. The van der Waals surface area contributed by atoms with Crippen LogP contribution in [0, 0.1) is 10.1 Å². The number of amides is 1. The maximum atomic E-state index is 11.8. The minimum absolute atomic E-state index is 0.0258. The number of hydrogen-bond acceptors (Lipinski definition) is 4. The highest BCUT2D eigenvalue weighted by Gasteiger charge is 2.22. The van der Waals surface area contributed by atoms with E-state index >= 15 is 0 Å². The van der Waals surface area contributed by atoms with E-state index in [1.165, 1.54) is 12.1 Å². The topological polar surface area (TPSA) is 84.3 Å². The average molecular weight is 235 g/mol. The van der Waals surface area contributed by atoms with E-state index in [2.05, 4.69) is 10.6 Å². The number of benzene rings is 1. The van der Waals surface area contributed by atoms with Gasteiger partial charge in [-0.25, -0.2) is 0 Å². The fourth-order valence-corrected chi connectivity index (χ4v) is 1.83. The van der Waals surface area contributed by atoms with Gasteiger partial charge in [-0.1, -0.05) is 6.07 Å². The third-order valence-electron chi connectivity index (χ3n) is 2.70. The first-order chi connectivity index (χ1) is 8.16. The number of nitrogens with one attached hydrogen (secondary N) is 2. The van der Waals surface area contributed by atoms with Gasteiger partial charge in [0.05, 0.1) is 11.0 Å². The van der Waals surface area contributed by atoms with E-state index in [-0.39, 0.29) is 17.6 Å². The fourth-order valence-electron chi connectivity index (χ4n) is 1.83. The standard InChI is InChI=1S/C11H13N3O3/c15-11(10-5-2-6-12-10)13-8-3-1-4-9(7-8)14(16)17/h1,3-4,7,10,12H,2,5-6H2,(H,13,15)/t10-/m1/s1. The molecule has 1 saturated heterocycles. The number of carbonyl (C=O) groups is 1. The number of non-ortho nitro benzene ring substituents is 1. The molecule has 90 valence electrons. The Balaban J connectivity index is 2.05. The highest BCUT2D eigenvalue weighted by atomic mass is 16.6. The van der Waals surface area contributed by atoms with Gasteiger partial charge in [-0.05, 0) is 25.5 Å². The molecule has 2 rings (SSSR count). The van der Waals surface area contributed by atoms with Crippen LogP contribution in [0.5, 0.6) is 0 Å². The molecule has 1 amide bonds. The molecule has 1 aromatic carbocycles. The number of anilines is 1. The number of rotatable bonds is 3. The van der Waals surface area contributed by atoms with Gasteiger partial charge in [0.15, 0.2) is 0 Å². The first-order valence-electron chi connectivity index (χ1n) is 5.45. The molecule has 1 aliphatic heterocycles. The molecular formula is C11H13N3O3. The normalized spacial score (nSPS) is 18.9. The van der Waals surface area contributed by atoms with Gasteiger partial charge in [-0.3, -0.25) is 14.9 Å². The van der Waals surface area contributed by atoms with Crippen molar-refractivity contribution in [2.75, 3.05) is 11.9 Å². The summed E-state index contributed by atoms with van der Waals surface area (Å²) in [4.78, 5) is 21.8. The molecule has 0 saturated carbocycles. The van der Waals surface area contributed by atoms with Crippen LogP contribution in [0.25, 0.3) is 0 Å². The molecule has 0 spiro atoms. The zero-order chi connectivity index (χ0) is 12.3. The van der Waals surface area contributed by atoms with Crippen molar-refractivity contribution in [3.8, 4) is 0 Å². The van der Waals surface area contributed by atoms with Crippen LogP contribution in [0.2, 0.25) is 0 Å². The second kappa shape index (κ2) is 4.92. The molecule has 1 fully saturated rings. The van der Waals surface area contributed by atoms with Crippen LogP contribution in [0.1, 0.15) is 12.8 Å². The summed E-state index contributed by atoms with van der Waals surface area (Å²) in [6.45, 7) is 0.840. The predicted molar refractivity (Wildman–Crippen MR) is 62.8 cm³/mol. The molecule has 0 bridgehead atoms. The van der Waals surface area contributed by atoms with E-state index in [0.29, 0.717) is 5.69 Å². The van der Waals surface area contributed by atoms with E-state index in [0.717, 1.165) is 19.4 Å². The molecule has 1 aromatic rings. The molecular weight excluding hydrogens is 222 g/mol. The lowest BCUT2D eigenvalue weighted by Gasteiger charge is -2.10. The van der Waals surface area contributed by atoms with E-state index in [1.807, 2.05) is 0 Å². The molecule has 0 unspecified atom stereocenters. The number of carbonyl (C=O) groups excluding carboxylic acids is 1. The quantitative estimate of drug-likeness (QED) is 0.610. The van der Waals surface area contributed by atoms with Gasteiger partial charge in [0.1, 0.15) is 0 Å². The predicted octanol–water partition coefficient (Wildman–Crippen LogP) is 1.29. The van der Waals surface area contributed by atoms with Gasteiger partial charge in [-0.15, -0.1) is 0 Å². The summed E-state index contributed by atoms with van der Waals surface area (Å²) >= 11 is 0. The Kier molecular flexibility index (Phi) is 3.34. The largest absolute Gasteiger partial charge is 0.324 e. The van der Waals surface area contributed by atoms with Gasteiger partial charge < -0.3 is 10.6 Å². The molecule has 0 aliphatic carbocycles. The van der Waals surface area contributed by atoms with Crippen LogP contribution in [-0.2, 0) is 4.79 Å². The Bertz CT molecular complexity index is 441. The molecule has 6 heteroatoms. The summed E-state index contributed by atoms with van der Waals surface area (Å²) in [6, 6.07) is 5.75. The Morgan fingerprint density at radius 3 is 3.00 bits per heavy atom. The molecule has 0 aromatic heterocycles. The van der Waals surface area contributed by atoms with Crippen LogP contribution < -0.4 is 10.6 Å². The van der Waals surface area contributed by atoms with Crippen molar-refractivity contribution >= 4 is 17.3 Å². The highest BCUT2D eigenvalue weighted by Crippen LogP contribution is 2.17. The molecule has 1 atom stereocenters. The van der Waals surface area contributed by atoms with E-state index in [4.69, 9.17) is 0 Å². The molecule has 1 aliphatic rings. The van der Waals surface area contributed by atoms with Crippen molar-refractivity contribution in [1.29, 1.82) is 0 Å². The summed E-state index contributed by atoms with van der Waals surface area (Å²) in [7, 11) is 0. The van der Waals surface area contributed by atoms with Crippen LogP contribution >= 0.6 is 0 Å². The lowest BCUT2D eigenvalue weighted by atomic mass is 10.2. The first kappa shape index (κ1) is 11.5. The van der Waals surface area contributed by atoms with Gasteiger partial charge in [-0.2, -0.15) is 0 Å². The number of nitro benzene ring substituents is 1. The maximum Gasteiger partial charge on any atom is 0.271 e. The molecule has 6 nitrogen and oxygen atoms in total. The van der Waals surface area contributed by atoms with Crippen molar-refractivity contribution in [2.24, 2.45) is 0 Å². The van der Waals surface area contributed by atoms with Gasteiger partial charge >= 0.3 is 0 Å². The van der Waals surface area contributed by atoms with Crippen LogP contribution in [0.4, 0.5) is 11.4 Å². The fraction of sp³-hybridized carbons (Fsp3) is 0.364. The third-order valence-corrected chi connectivity index (χ3v) is 2.70. The highest BCUT2D eigenvalue weighted by molar-refractivity contribution is 5.95. The summed E-state index contributed by atoms with van der Waals surface area (Å²) < 4.78 is 0. The van der Waals surface area contributed by atoms with Crippen molar-refractivity contribution in [1.82, 2.24) is 5.32 Å². The zero-order valence-corrected chi connectivity index (χ0v) is 9.18. The van der Waals surface area contributed by atoms with Crippen molar-refractivity contribution in [3.63, 3.8) is 0 Å². The molecule has 2 N–H and O–H groups in total. The summed E-state index contributed by atoms with van der Waals surface area (Å²) in [6.07, 6.45) is 1.79. The Labute approximate surface area is 98.2 Å². The second-order valence-electron chi connectivity index (χ2n) is 3.95. The monoisotopic (exact) mass is 235 g/mol. The summed E-state index contributed by atoms with van der Waals surface area (Å²) in [5.41, 5.74) is 0.431. The second-order valence-corrected chi connectivity index (χ2v) is 3.95. The minimum atomic E-state index is -0.483. The van der Waals surface area contributed by atoms with Crippen LogP contribution in [0.15, 0.2) is 24.3 Å². The molecule has 1 heterocycles. The number of nitro groups is 1. The summed E-state index contributed by atoms with van der Waals surface area (Å²) in [5, 5.41) is 16.3.